The molecule has 0 aliphatic heterocycles. The zero-order valence-corrected chi connectivity index (χ0v) is 19.0. The zero-order valence-electron chi connectivity index (χ0n) is 18.2. The fourth-order valence-electron chi connectivity index (χ4n) is 6.05. The van der Waals surface area contributed by atoms with Crippen molar-refractivity contribution >= 4 is 16.1 Å². The molecule has 4 rings (SSSR count). The van der Waals surface area contributed by atoms with E-state index < -0.39 is 52.5 Å². The first-order valence-electron chi connectivity index (χ1n) is 10.7. The molecule has 0 heterocycles. The number of hydrogen-bond acceptors (Lipinski definition) is 5. The van der Waals surface area contributed by atoms with Gasteiger partial charge in [0.2, 0.25) is 0 Å². The number of halogens is 4. The van der Waals surface area contributed by atoms with Crippen LogP contribution in [0.2, 0.25) is 0 Å². The molecule has 0 unspecified atom stereocenters. The van der Waals surface area contributed by atoms with Crippen LogP contribution in [0.3, 0.4) is 0 Å². The van der Waals surface area contributed by atoms with Crippen molar-refractivity contribution in [1.82, 2.24) is 0 Å². The minimum atomic E-state index is -6.30. The highest BCUT2D eigenvalue weighted by Gasteiger charge is 2.65. The molecule has 0 aromatic rings. The van der Waals surface area contributed by atoms with Gasteiger partial charge in [-0.25, -0.2) is 4.79 Å². The van der Waals surface area contributed by atoms with Crippen LogP contribution < -0.4 is 0 Å². The van der Waals surface area contributed by atoms with Crippen LogP contribution in [0, 0.1) is 23.2 Å². The molecular formula is C21H30F4O6S. The number of alkyl halides is 4. The molecule has 0 radical (unpaired) electrons. The highest BCUT2D eigenvalue weighted by Crippen LogP contribution is 2.64. The molecule has 4 aliphatic carbocycles. The number of ether oxygens (including phenoxy) is 2. The third-order valence-electron chi connectivity index (χ3n) is 7.54. The summed E-state index contributed by atoms with van der Waals surface area (Å²) in [5.74, 6) is -3.86. The van der Waals surface area contributed by atoms with Crippen molar-refractivity contribution in [2.24, 2.45) is 23.2 Å². The molecule has 4 aliphatic rings. The predicted octanol–water partition coefficient (Wildman–Crippen LogP) is 4.60. The van der Waals surface area contributed by atoms with Gasteiger partial charge < -0.3 is 9.47 Å². The number of rotatable bonds is 10. The van der Waals surface area contributed by atoms with Crippen LogP contribution in [0.1, 0.15) is 58.8 Å². The molecule has 0 atom stereocenters. The molecule has 1 N–H and O–H groups in total. The van der Waals surface area contributed by atoms with E-state index >= 15 is 0 Å². The summed E-state index contributed by atoms with van der Waals surface area (Å²) >= 11 is 0. The summed E-state index contributed by atoms with van der Waals surface area (Å²) in [7, 11) is -6.30. The molecule has 32 heavy (non-hydrogen) atoms. The standard InChI is InChI=1S/C21H30F4O6S/c1-13(12-30-5-4-20(22,23)21(24,25)32(27,28)29)17(26)31-18(2,3)19-9-14-6-15(10-19)8-16(7-14)11-19/h14-16H,1,4-12H2,2-3H3,(H,27,28,29). The van der Waals surface area contributed by atoms with Gasteiger partial charge in [-0.05, 0) is 70.1 Å². The van der Waals surface area contributed by atoms with Gasteiger partial charge >= 0.3 is 27.3 Å². The second-order valence-electron chi connectivity index (χ2n) is 10.2. The maximum absolute atomic E-state index is 13.5. The molecule has 0 saturated heterocycles. The lowest BCUT2D eigenvalue weighted by atomic mass is 9.46. The van der Waals surface area contributed by atoms with E-state index in [1.165, 1.54) is 19.3 Å². The van der Waals surface area contributed by atoms with E-state index in [0.717, 1.165) is 19.3 Å². The van der Waals surface area contributed by atoms with Crippen LogP contribution in [-0.2, 0) is 24.4 Å². The normalized spacial score (nSPS) is 30.4. The number of carbonyl (C=O) groups excluding carboxylic acids is 1. The summed E-state index contributed by atoms with van der Waals surface area (Å²) in [6, 6.07) is 0. The van der Waals surface area contributed by atoms with E-state index in [0.29, 0.717) is 17.8 Å². The molecular weight excluding hydrogens is 456 g/mol. The van der Waals surface area contributed by atoms with Gasteiger partial charge in [-0.3, -0.25) is 4.55 Å². The predicted molar refractivity (Wildman–Crippen MR) is 107 cm³/mol. The van der Waals surface area contributed by atoms with Crippen molar-refractivity contribution in [3.05, 3.63) is 12.2 Å². The Morgan fingerprint density at radius 3 is 1.97 bits per heavy atom. The molecule has 6 nitrogen and oxygen atoms in total. The Balaban J connectivity index is 1.51. The Hall–Kier alpha value is -1.20. The summed E-state index contributed by atoms with van der Waals surface area (Å²) in [5, 5.41) is -5.65. The highest BCUT2D eigenvalue weighted by atomic mass is 32.2. The lowest BCUT2D eigenvalue weighted by Crippen LogP contribution is -2.57. The van der Waals surface area contributed by atoms with Gasteiger partial charge in [0, 0.05) is 11.8 Å². The van der Waals surface area contributed by atoms with Gasteiger partial charge in [-0.1, -0.05) is 6.58 Å². The van der Waals surface area contributed by atoms with Crippen molar-refractivity contribution in [2.45, 2.75) is 75.6 Å². The van der Waals surface area contributed by atoms with Crippen LogP contribution in [0.5, 0.6) is 0 Å². The average Bonchev–Trinajstić information content (AvgIpc) is 2.62. The fourth-order valence-corrected chi connectivity index (χ4v) is 6.53. The monoisotopic (exact) mass is 486 g/mol. The average molecular weight is 487 g/mol. The smallest absolute Gasteiger partial charge is 0.431 e. The van der Waals surface area contributed by atoms with Gasteiger partial charge in [-0.2, -0.15) is 26.0 Å². The lowest BCUT2D eigenvalue weighted by molar-refractivity contribution is -0.195. The Kier molecular flexibility index (Phi) is 6.54. The van der Waals surface area contributed by atoms with Crippen LogP contribution >= 0.6 is 0 Å². The fraction of sp³-hybridized carbons (Fsp3) is 0.857. The minimum Gasteiger partial charge on any atom is -0.456 e. The summed E-state index contributed by atoms with van der Waals surface area (Å²) in [6.45, 7) is 5.77. The highest BCUT2D eigenvalue weighted by molar-refractivity contribution is 7.87. The first kappa shape index (κ1) is 25.4. The van der Waals surface area contributed by atoms with Crippen LogP contribution in [0.25, 0.3) is 0 Å². The summed E-state index contributed by atoms with van der Waals surface area (Å²) in [6.07, 6.45) is 5.00. The molecule has 0 aromatic carbocycles. The first-order valence-corrected chi connectivity index (χ1v) is 12.2. The summed E-state index contributed by atoms with van der Waals surface area (Å²) < 4.78 is 93.3. The second-order valence-corrected chi connectivity index (χ2v) is 11.7. The quantitative estimate of drug-likeness (QED) is 0.160. The Morgan fingerprint density at radius 2 is 1.53 bits per heavy atom. The topological polar surface area (TPSA) is 89.9 Å². The first-order chi connectivity index (χ1) is 14.5. The largest absolute Gasteiger partial charge is 0.456 e. The molecule has 11 heteroatoms. The second kappa shape index (κ2) is 8.23. The van der Waals surface area contributed by atoms with E-state index in [4.69, 9.17) is 14.0 Å². The minimum absolute atomic E-state index is 0.109. The van der Waals surface area contributed by atoms with Gasteiger partial charge in [0.15, 0.2) is 0 Å². The maximum Gasteiger partial charge on any atom is 0.431 e. The number of esters is 1. The molecule has 184 valence electrons. The number of carbonyl (C=O) groups is 1. The Morgan fingerprint density at radius 1 is 1.06 bits per heavy atom. The van der Waals surface area contributed by atoms with Gasteiger partial charge in [0.25, 0.3) is 0 Å². The Bertz CT molecular complexity index is 832. The molecule has 0 amide bonds. The van der Waals surface area contributed by atoms with Gasteiger partial charge in [0.1, 0.15) is 5.60 Å². The lowest BCUT2D eigenvalue weighted by Gasteiger charge is -2.61. The van der Waals surface area contributed by atoms with Crippen molar-refractivity contribution in [3.63, 3.8) is 0 Å². The van der Waals surface area contributed by atoms with Crippen LogP contribution in [-0.4, -0.2) is 48.9 Å². The van der Waals surface area contributed by atoms with Gasteiger partial charge in [-0.15, -0.1) is 0 Å². The van der Waals surface area contributed by atoms with E-state index in [1.807, 2.05) is 13.8 Å². The molecule has 4 fully saturated rings. The maximum atomic E-state index is 13.5. The van der Waals surface area contributed by atoms with E-state index in [-0.39, 0.29) is 11.0 Å². The van der Waals surface area contributed by atoms with Crippen molar-refractivity contribution < 1.29 is 44.8 Å². The molecule has 4 bridgehead atoms. The van der Waals surface area contributed by atoms with Crippen molar-refractivity contribution in [3.8, 4) is 0 Å². The molecule has 0 spiro atoms. The summed E-state index contributed by atoms with van der Waals surface area (Å²) in [4.78, 5) is 12.6. The molecule has 0 aromatic heterocycles. The van der Waals surface area contributed by atoms with Gasteiger partial charge in [0.05, 0.1) is 18.8 Å². The van der Waals surface area contributed by atoms with E-state index in [2.05, 4.69) is 6.58 Å². The number of hydrogen-bond donors (Lipinski definition) is 1. The Labute approximate surface area is 185 Å². The third kappa shape index (κ3) is 4.57. The zero-order chi connectivity index (χ0) is 24.2. The van der Waals surface area contributed by atoms with E-state index in [9.17, 15) is 30.8 Å². The third-order valence-corrected chi connectivity index (χ3v) is 8.48. The summed E-state index contributed by atoms with van der Waals surface area (Å²) in [5.41, 5.74) is -1.03. The van der Waals surface area contributed by atoms with E-state index in [1.54, 1.807) is 0 Å². The van der Waals surface area contributed by atoms with Crippen LogP contribution in [0.15, 0.2) is 12.2 Å². The van der Waals surface area contributed by atoms with Crippen molar-refractivity contribution in [2.75, 3.05) is 13.2 Å². The van der Waals surface area contributed by atoms with Crippen LogP contribution in [0.4, 0.5) is 17.6 Å². The SMILES string of the molecule is C=C(COCCC(F)(F)C(F)(F)S(=O)(=O)O)C(=O)OC(C)(C)C12CC3CC(CC(C3)C1)C2. The van der Waals surface area contributed by atoms with Crippen molar-refractivity contribution in [1.29, 1.82) is 0 Å². The molecule has 4 saturated carbocycles.